The standard InChI is InChI=1S/C26H27ClFN3O/c27-21-11-6-19(7-12-21)16-25(32)31-26-23(15-8-18-4-2-1-3-5-18)30-24(17-29-26)20-9-13-22(28)14-10-20/h6-7,9-14,17-18H,1-5,8,15-16H2,(H,29,31,32). The number of hydrogen-bond donors (Lipinski definition) is 1. The van der Waals surface area contributed by atoms with E-state index in [4.69, 9.17) is 16.6 Å². The fourth-order valence-electron chi connectivity index (χ4n) is 4.25. The van der Waals surface area contributed by atoms with E-state index in [1.54, 1.807) is 30.5 Å². The zero-order valence-corrected chi connectivity index (χ0v) is 18.7. The highest BCUT2D eigenvalue weighted by molar-refractivity contribution is 6.30. The molecule has 0 saturated heterocycles. The SMILES string of the molecule is O=C(Cc1ccc(Cl)cc1)Nc1ncc(-c2ccc(F)cc2)nc1CCC1CCCCC1. The summed E-state index contributed by atoms with van der Waals surface area (Å²) in [6.45, 7) is 0. The Balaban J connectivity index is 1.52. The van der Waals surface area contributed by atoms with E-state index in [0.717, 1.165) is 29.7 Å². The first kappa shape index (κ1) is 22.4. The minimum absolute atomic E-state index is 0.143. The van der Waals surface area contributed by atoms with Crippen LogP contribution in [0.4, 0.5) is 10.2 Å². The minimum atomic E-state index is -0.287. The van der Waals surface area contributed by atoms with Crippen LogP contribution in [0, 0.1) is 11.7 Å². The van der Waals surface area contributed by atoms with Gasteiger partial charge in [-0.15, -0.1) is 0 Å². The lowest BCUT2D eigenvalue weighted by Gasteiger charge is -2.21. The van der Waals surface area contributed by atoms with E-state index in [0.29, 0.717) is 22.5 Å². The highest BCUT2D eigenvalue weighted by Crippen LogP contribution is 2.29. The summed E-state index contributed by atoms with van der Waals surface area (Å²) in [5.41, 5.74) is 3.14. The van der Waals surface area contributed by atoms with Crippen molar-refractivity contribution < 1.29 is 9.18 Å². The molecule has 1 heterocycles. The second-order valence-corrected chi connectivity index (χ2v) is 8.89. The number of carbonyl (C=O) groups excluding carboxylic acids is 1. The first-order chi connectivity index (χ1) is 15.6. The van der Waals surface area contributed by atoms with Crippen molar-refractivity contribution in [1.82, 2.24) is 9.97 Å². The maximum Gasteiger partial charge on any atom is 0.229 e. The summed E-state index contributed by atoms with van der Waals surface area (Å²) in [5, 5.41) is 3.58. The predicted octanol–water partition coefficient (Wildman–Crippen LogP) is 6.63. The van der Waals surface area contributed by atoms with Crippen LogP contribution in [0.5, 0.6) is 0 Å². The largest absolute Gasteiger partial charge is 0.309 e. The third-order valence-corrected chi connectivity index (χ3v) is 6.29. The summed E-state index contributed by atoms with van der Waals surface area (Å²) < 4.78 is 13.3. The van der Waals surface area contributed by atoms with Gasteiger partial charge in [0.25, 0.3) is 0 Å². The van der Waals surface area contributed by atoms with Crippen LogP contribution in [-0.4, -0.2) is 15.9 Å². The van der Waals surface area contributed by atoms with Crippen molar-refractivity contribution in [3.63, 3.8) is 0 Å². The van der Waals surface area contributed by atoms with Crippen molar-refractivity contribution >= 4 is 23.3 Å². The number of benzene rings is 2. The van der Waals surface area contributed by atoms with Gasteiger partial charge in [-0.3, -0.25) is 4.79 Å². The molecule has 0 unspecified atom stereocenters. The summed E-state index contributed by atoms with van der Waals surface area (Å²) in [7, 11) is 0. The normalized spacial score (nSPS) is 14.3. The molecule has 166 valence electrons. The van der Waals surface area contributed by atoms with Gasteiger partial charge in [-0.25, -0.2) is 14.4 Å². The van der Waals surface area contributed by atoms with Gasteiger partial charge in [0.1, 0.15) is 5.82 Å². The molecule has 2 aromatic carbocycles. The van der Waals surface area contributed by atoms with Gasteiger partial charge in [-0.05, 0) is 60.7 Å². The van der Waals surface area contributed by atoms with Gasteiger partial charge in [-0.1, -0.05) is 55.8 Å². The highest BCUT2D eigenvalue weighted by atomic mass is 35.5. The number of rotatable bonds is 7. The van der Waals surface area contributed by atoms with Crippen molar-refractivity contribution in [3.8, 4) is 11.3 Å². The summed E-state index contributed by atoms with van der Waals surface area (Å²) in [6, 6.07) is 13.5. The van der Waals surface area contributed by atoms with Crippen molar-refractivity contribution in [3.05, 3.63) is 76.8 Å². The second kappa shape index (κ2) is 10.7. The smallest absolute Gasteiger partial charge is 0.229 e. The lowest BCUT2D eigenvalue weighted by atomic mass is 9.86. The van der Waals surface area contributed by atoms with Crippen molar-refractivity contribution in [2.24, 2.45) is 5.92 Å². The third-order valence-electron chi connectivity index (χ3n) is 6.03. The number of aryl methyl sites for hydroxylation is 1. The quantitative estimate of drug-likeness (QED) is 0.438. The van der Waals surface area contributed by atoms with Gasteiger partial charge in [0, 0.05) is 10.6 Å². The van der Waals surface area contributed by atoms with Gasteiger partial charge in [0.2, 0.25) is 5.91 Å². The predicted molar refractivity (Wildman–Crippen MR) is 126 cm³/mol. The molecule has 1 aliphatic carbocycles. The van der Waals surface area contributed by atoms with Crippen LogP contribution >= 0.6 is 11.6 Å². The Morgan fingerprint density at radius 3 is 2.47 bits per heavy atom. The van der Waals surface area contributed by atoms with Gasteiger partial charge < -0.3 is 5.32 Å². The Bertz CT molecular complexity index is 1050. The Kier molecular flexibility index (Phi) is 7.48. The van der Waals surface area contributed by atoms with Gasteiger partial charge in [0.15, 0.2) is 5.82 Å². The highest BCUT2D eigenvalue weighted by Gasteiger charge is 2.17. The number of anilines is 1. The molecule has 0 spiro atoms. The summed E-state index contributed by atoms with van der Waals surface area (Å²) in [6.07, 6.45) is 10.1. The fraction of sp³-hybridized carbons (Fsp3) is 0.346. The molecule has 6 heteroatoms. The number of hydrogen-bond acceptors (Lipinski definition) is 3. The molecule has 32 heavy (non-hydrogen) atoms. The van der Waals surface area contributed by atoms with E-state index in [9.17, 15) is 9.18 Å². The molecule has 0 radical (unpaired) electrons. The minimum Gasteiger partial charge on any atom is -0.309 e. The topological polar surface area (TPSA) is 54.9 Å². The molecule has 0 aliphatic heterocycles. The van der Waals surface area contributed by atoms with E-state index in [2.05, 4.69) is 10.3 Å². The van der Waals surface area contributed by atoms with Crippen LogP contribution in [0.1, 0.15) is 49.8 Å². The number of aromatic nitrogens is 2. The number of halogens is 2. The van der Waals surface area contributed by atoms with E-state index in [-0.39, 0.29) is 18.1 Å². The Morgan fingerprint density at radius 2 is 1.75 bits per heavy atom. The molecule has 4 nitrogen and oxygen atoms in total. The average Bonchev–Trinajstić information content (AvgIpc) is 2.81. The Morgan fingerprint density at radius 1 is 1.03 bits per heavy atom. The number of nitrogens with one attached hydrogen (secondary N) is 1. The van der Waals surface area contributed by atoms with Crippen molar-refractivity contribution in [1.29, 1.82) is 0 Å². The van der Waals surface area contributed by atoms with Crippen LogP contribution in [0.25, 0.3) is 11.3 Å². The fourth-order valence-corrected chi connectivity index (χ4v) is 4.37. The molecule has 0 bridgehead atoms. The summed E-state index contributed by atoms with van der Waals surface area (Å²) in [5.74, 6) is 0.767. The lowest BCUT2D eigenvalue weighted by molar-refractivity contribution is -0.115. The zero-order chi connectivity index (χ0) is 22.3. The second-order valence-electron chi connectivity index (χ2n) is 8.45. The molecule has 1 amide bonds. The lowest BCUT2D eigenvalue weighted by Crippen LogP contribution is -2.18. The van der Waals surface area contributed by atoms with Gasteiger partial charge >= 0.3 is 0 Å². The van der Waals surface area contributed by atoms with Crippen molar-refractivity contribution in [2.75, 3.05) is 5.32 Å². The number of carbonyl (C=O) groups is 1. The Hall–Kier alpha value is -2.79. The monoisotopic (exact) mass is 451 g/mol. The van der Waals surface area contributed by atoms with Crippen LogP contribution in [0.3, 0.4) is 0 Å². The van der Waals surface area contributed by atoms with E-state index in [1.807, 2.05) is 12.1 Å². The van der Waals surface area contributed by atoms with Gasteiger partial charge in [-0.2, -0.15) is 0 Å². The summed E-state index contributed by atoms with van der Waals surface area (Å²) >= 11 is 5.93. The molecule has 3 aromatic rings. The van der Waals surface area contributed by atoms with Crippen molar-refractivity contribution in [2.45, 2.75) is 51.4 Å². The van der Waals surface area contributed by atoms with Crippen LogP contribution < -0.4 is 5.32 Å². The number of amides is 1. The maximum atomic E-state index is 13.3. The molecule has 0 atom stereocenters. The van der Waals surface area contributed by atoms with Crippen LogP contribution in [0.2, 0.25) is 5.02 Å². The first-order valence-electron chi connectivity index (χ1n) is 11.2. The van der Waals surface area contributed by atoms with E-state index >= 15 is 0 Å². The molecule has 1 saturated carbocycles. The number of nitrogens with zero attached hydrogens (tertiary/aromatic N) is 2. The van der Waals surface area contributed by atoms with Crippen LogP contribution in [0.15, 0.2) is 54.7 Å². The molecule has 1 fully saturated rings. The molecule has 1 aliphatic rings. The van der Waals surface area contributed by atoms with E-state index < -0.39 is 0 Å². The van der Waals surface area contributed by atoms with E-state index in [1.165, 1.54) is 44.2 Å². The molecule has 1 N–H and O–H groups in total. The maximum absolute atomic E-state index is 13.3. The molecule has 4 rings (SSSR count). The third kappa shape index (κ3) is 6.13. The molecule has 1 aromatic heterocycles. The molecular weight excluding hydrogens is 425 g/mol. The van der Waals surface area contributed by atoms with Gasteiger partial charge in [0.05, 0.1) is 24.0 Å². The zero-order valence-electron chi connectivity index (χ0n) is 18.0. The molecular formula is C26H27ClFN3O. The average molecular weight is 452 g/mol. The summed E-state index contributed by atoms with van der Waals surface area (Å²) in [4.78, 5) is 22.0. The first-order valence-corrected chi connectivity index (χ1v) is 11.6. The Labute approximate surface area is 193 Å². The van der Waals surface area contributed by atoms with Crippen LogP contribution in [-0.2, 0) is 17.6 Å².